The largest absolute Gasteiger partial charge is 0.492 e. The maximum absolute atomic E-state index is 11.4. The molecule has 3 rings (SSSR count). The van der Waals surface area contributed by atoms with Crippen molar-refractivity contribution in [1.29, 1.82) is 0 Å². The summed E-state index contributed by atoms with van der Waals surface area (Å²) in [5.41, 5.74) is 0.653. The van der Waals surface area contributed by atoms with E-state index in [0.29, 0.717) is 12.5 Å². The first-order valence-electron chi connectivity index (χ1n) is 8.79. The number of hydrogen-bond acceptors (Lipinski definition) is 6. The van der Waals surface area contributed by atoms with E-state index in [1.807, 2.05) is 33.8 Å². The Morgan fingerprint density at radius 3 is 2.37 bits per heavy atom. The number of nitrogens with zero attached hydrogens (tertiary/aromatic N) is 4. The highest BCUT2D eigenvalue weighted by Crippen LogP contribution is 2.38. The van der Waals surface area contributed by atoms with Crippen molar-refractivity contribution in [3.8, 4) is 5.95 Å². The van der Waals surface area contributed by atoms with Gasteiger partial charge in [-0.3, -0.25) is 9.36 Å². The first-order chi connectivity index (χ1) is 12.7. The lowest BCUT2D eigenvalue weighted by Crippen LogP contribution is -2.41. The Kier molecular flexibility index (Phi) is 5.17. The summed E-state index contributed by atoms with van der Waals surface area (Å²) in [6.45, 7) is 9.76. The van der Waals surface area contributed by atoms with Crippen LogP contribution in [0.4, 0.5) is 0 Å². The van der Waals surface area contributed by atoms with Gasteiger partial charge in [-0.25, -0.2) is 15.0 Å². The van der Waals surface area contributed by atoms with Crippen LogP contribution in [0.1, 0.15) is 40.2 Å². The zero-order valence-electron chi connectivity index (χ0n) is 16.3. The first-order valence-corrected chi connectivity index (χ1v) is 8.79. The van der Waals surface area contributed by atoms with Gasteiger partial charge in [0.15, 0.2) is 0 Å². The van der Waals surface area contributed by atoms with Crippen molar-refractivity contribution in [1.82, 2.24) is 24.8 Å². The second kappa shape index (κ2) is 7.24. The van der Waals surface area contributed by atoms with Gasteiger partial charge in [0, 0.05) is 43.8 Å². The van der Waals surface area contributed by atoms with Crippen LogP contribution in [0.15, 0.2) is 36.6 Å². The van der Waals surface area contributed by atoms with E-state index >= 15 is 0 Å². The predicted octanol–water partition coefficient (Wildman–Crippen LogP) is 1.81. The molecule has 0 spiro atoms. The van der Waals surface area contributed by atoms with Gasteiger partial charge in [0.25, 0.3) is 0 Å². The third-order valence-corrected chi connectivity index (χ3v) is 4.84. The summed E-state index contributed by atoms with van der Waals surface area (Å²) in [5.74, 6) is 0.410. The van der Waals surface area contributed by atoms with Crippen LogP contribution < -0.4 is 5.32 Å². The highest BCUT2D eigenvalue weighted by atomic mass is 16.7. The molecule has 27 heavy (non-hydrogen) atoms. The maximum atomic E-state index is 11.4. The minimum Gasteiger partial charge on any atom is -0.400 e. The van der Waals surface area contributed by atoms with E-state index < -0.39 is 18.3 Å². The van der Waals surface area contributed by atoms with E-state index in [1.165, 1.54) is 6.92 Å². The Balaban J connectivity index is 1.85. The zero-order valence-corrected chi connectivity index (χ0v) is 16.3. The van der Waals surface area contributed by atoms with Crippen molar-refractivity contribution < 1.29 is 14.1 Å². The molecule has 1 aliphatic rings. The molecule has 0 aromatic carbocycles. The molecule has 8 nitrogen and oxygen atoms in total. The fraction of sp³-hybridized carbons (Fsp3) is 0.444. The molecule has 1 aliphatic heterocycles. The maximum Gasteiger partial charge on any atom is 0.492 e. The lowest BCUT2D eigenvalue weighted by atomic mass is 9.77. The van der Waals surface area contributed by atoms with Gasteiger partial charge in [0.1, 0.15) is 6.33 Å². The number of hydrogen-bond donors (Lipinski definition) is 1. The average molecular weight is 369 g/mol. The summed E-state index contributed by atoms with van der Waals surface area (Å²) in [5, 5.41) is 2.81. The van der Waals surface area contributed by atoms with Gasteiger partial charge >= 0.3 is 7.12 Å². The molecule has 1 N–H and O–H groups in total. The summed E-state index contributed by atoms with van der Waals surface area (Å²) in [4.78, 5) is 24.1. The molecule has 142 valence electrons. The van der Waals surface area contributed by atoms with Crippen molar-refractivity contribution >= 4 is 19.1 Å². The van der Waals surface area contributed by atoms with Gasteiger partial charge in [-0.05, 0) is 33.2 Å². The molecular formula is C18H24BN5O3. The standard InChI is InChI=1S/C18H24BN5O3/c1-13(25)21-11-15(19-26-17(2,3)18(4,5)27-19)8-14-9-22-16(23-10-14)24-7-6-20-12-24/h6-10,12H,11H2,1-5H3,(H,21,25). The number of imidazole rings is 1. The van der Waals surface area contributed by atoms with Gasteiger partial charge in [0.05, 0.1) is 11.2 Å². The number of amides is 1. The van der Waals surface area contributed by atoms with E-state index in [1.54, 1.807) is 35.7 Å². The minimum absolute atomic E-state index is 0.121. The number of carbonyl (C=O) groups excluding carboxylic acids is 1. The van der Waals surface area contributed by atoms with E-state index in [4.69, 9.17) is 9.31 Å². The van der Waals surface area contributed by atoms with Gasteiger partial charge in [-0.2, -0.15) is 0 Å². The second-order valence-electron chi connectivity index (χ2n) is 7.50. The van der Waals surface area contributed by atoms with Crippen LogP contribution in [0.2, 0.25) is 0 Å². The molecule has 2 aromatic heterocycles. The Bertz CT molecular complexity index is 815. The highest BCUT2D eigenvalue weighted by molar-refractivity contribution is 6.56. The fourth-order valence-corrected chi connectivity index (χ4v) is 2.55. The number of carbonyl (C=O) groups is 1. The van der Waals surface area contributed by atoms with Crippen molar-refractivity contribution in [3.63, 3.8) is 0 Å². The molecule has 3 heterocycles. The third-order valence-electron chi connectivity index (χ3n) is 4.84. The molecule has 0 radical (unpaired) electrons. The number of nitrogens with one attached hydrogen (secondary N) is 1. The summed E-state index contributed by atoms with van der Waals surface area (Å²) >= 11 is 0. The summed E-state index contributed by atoms with van der Waals surface area (Å²) in [6.07, 6.45) is 10.4. The van der Waals surface area contributed by atoms with Crippen LogP contribution in [0.5, 0.6) is 0 Å². The van der Waals surface area contributed by atoms with E-state index in [9.17, 15) is 4.79 Å². The van der Waals surface area contributed by atoms with Crippen molar-refractivity contribution in [2.45, 2.75) is 45.8 Å². The molecule has 0 unspecified atom stereocenters. The molecular weight excluding hydrogens is 345 g/mol. The van der Waals surface area contributed by atoms with Gasteiger partial charge in [0.2, 0.25) is 11.9 Å². The summed E-state index contributed by atoms with van der Waals surface area (Å²) in [6, 6.07) is 0. The number of aromatic nitrogens is 4. The highest BCUT2D eigenvalue weighted by Gasteiger charge is 2.52. The lowest BCUT2D eigenvalue weighted by Gasteiger charge is -2.32. The summed E-state index contributed by atoms with van der Waals surface area (Å²) < 4.78 is 14.0. The number of rotatable bonds is 5. The van der Waals surface area contributed by atoms with Crippen LogP contribution in [0.3, 0.4) is 0 Å². The average Bonchev–Trinajstić information content (AvgIpc) is 3.18. The van der Waals surface area contributed by atoms with Crippen molar-refractivity contribution in [3.05, 3.63) is 42.2 Å². The van der Waals surface area contributed by atoms with Gasteiger partial charge in [-0.15, -0.1) is 0 Å². The lowest BCUT2D eigenvalue weighted by molar-refractivity contribution is -0.118. The van der Waals surface area contributed by atoms with Gasteiger partial charge < -0.3 is 14.6 Å². The Morgan fingerprint density at radius 2 is 1.85 bits per heavy atom. The Labute approximate surface area is 159 Å². The molecule has 2 aromatic rings. The molecule has 0 bridgehead atoms. The Hall–Kier alpha value is -2.52. The molecule has 0 aliphatic carbocycles. The van der Waals surface area contributed by atoms with E-state index in [0.717, 1.165) is 11.0 Å². The monoisotopic (exact) mass is 369 g/mol. The SMILES string of the molecule is CC(=O)NCC(=Cc1cnc(-n2ccnc2)nc1)B1OC(C)(C)C(C)(C)O1. The van der Waals surface area contributed by atoms with Crippen LogP contribution in [-0.2, 0) is 14.1 Å². The summed E-state index contributed by atoms with van der Waals surface area (Å²) in [7, 11) is -0.560. The van der Waals surface area contributed by atoms with Crippen LogP contribution in [0, 0.1) is 0 Å². The van der Waals surface area contributed by atoms with Crippen molar-refractivity contribution in [2.24, 2.45) is 0 Å². The predicted molar refractivity (Wildman–Crippen MR) is 102 cm³/mol. The molecule has 1 fully saturated rings. The van der Waals surface area contributed by atoms with E-state index in [-0.39, 0.29) is 5.91 Å². The molecule has 1 saturated heterocycles. The van der Waals surface area contributed by atoms with Crippen LogP contribution >= 0.6 is 0 Å². The normalized spacial score (nSPS) is 18.6. The topological polar surface area (TPSA) is 91.2 Å². The Morgan fingerprint density at radius 1 is 1.22 bits per heavy atom. The molecule has 1 amide bonds. The van der Waals surface area contributed by atoms with Crippen LogP contribution in [0.25, 0.3) is 12.0 Å². The quantitative estimate of drug-likeness (QED) is 0.809. The molecule has 0 saturated carbocycles. The molecule has 9 heteroatoms. The van der Waals surface area contributed by atoms with Crippen LogP contribution in [-0.4, -0.2) is 50.3 Å². The second-order valence-corrected chi connectivity index (χ2v) is 7.50. The first kappa shape index (κ1) is 19.3. The minimum atomic E-state index is -0.560. The zero-order chi connectivity index (χ0) is 19.7. The van der Waals surface area contributed by atoms with Gasteiger partial charge in [-0.1, -0.05) is 6.08 Å². The van der Waals surface area contributed by atoms with Crippen molar-refractivity contribution in [2.75, 3.05) is 6.54 Å². The smallest absolute Gasteiger partial charge is 0.400 e. The van der Waals surface area contributed by atoms with E-state index in [2.05, 4.69) is 20.3 Å². The fourth-order valence-electron chi connectivity index (χ4n) is 2.55. The molecule has 0 atom stereocenters. The third kappa shape index (κ3) is 4.25.